The summed E-state index contributed by atoms with van der Waals surface area (Å²) in [5, 5.41) is 3.00. The molecule has 112 valence electrons. The minimum Gasteiger partial charge on any atom is -0.342 e. The van der Waals surface area contributed by atoms with Crippen molar-refractivity contribution < 1.29 is 9.59 Å². The smallest absolute Gasteiger partial charge is 0.252 e. The van der Waals surface area contributed by atoms with Crippen molar-refractivity contribution in [3.63, 3.8) is 0 Å². The van der Waals surface area contributed by atoms with Crippen LogP contribution < -0.4 is 10.2 Å². The van der Waals surface area contributed by atoms with Crippen molar-refractivity contribution in [3.05, 3.63) is 28.2 Å². The zero-order valence-corrected chi connectivity index (χ0v) is 13.7. The summed E-state index contributed by atoms with van der Waals surface area (Å²) in [6.45, 7) is 2.45. The van der Waals surface area contributed by atoms with Gasteiger partial charge in [0.1, 0.15) is 5.54 Å². The van der Waals surface area contributed by atoms with Crippen LogP contribution in [0.15, 0.2) is 22.7 Å². The summed E-state index contributed by atoms with van der Waals surface area (Å²) in [6.07, 6.45) is 3.87. The van der Waals surface area contributed by atoms with Crippen LogP contribution >= 0.6 is 15.9 Å². The molecule has 1 spiro atoms. The number of benzene rings is 1. The lowest BCUT2D eigenvalue weighted by molar-refractivity contribution is -0.129. The van der Waals surface area contributed by atoms with E-state index in [2.05, 4.69) is 21.2 Å². The average Bonchev–Trinajstić information content (AvgIpc) is 2.85. The van der Waals surface area contributed by atoms with E-state index < -0.39 is 5.54 Å². The second-order valence-corrected chi connectivity index (χ2v) is 6.89. The molecule has 1 aromatic rings. The first-order chi connectivity index (χ1) is 10.0. The molecule has 0 bridgehead atoms. The predicted octanol–water partition coefficient (Wildman–Crippen LogP) is 2.92. The first-order valence-electron chi connectivity index (χ1n) is 7.41. The molecule has 2 aliphatic rings. The lowest BCUT2D eigenvalue weighted by Gasteiger charge is -2.32. The molecule has 1 aliphatic carbocycles. The molecule has 3 rings (SSSR count). The first-order valence-corrected chi connectivity index (χ1v) is 8.20. The second kappa shape index (κ2) is 5.44. The molecule has 1 aromatic carbocycles. The lowest BCUT2D eigenvalue weighted by atomic mass is 9.95. The van der Waals surface area contributed by atoms with E-state index in [1.165, 1.54) is 0 Å². The molecule has 4 nitrogen and oxygen atoms in total. The fourth-order valence-corrected chi connectivity index (χ4v) is 3.90. The Kier molecular flexibility index (Phi) is 3.78. The van der Waals surface area contributed by atoms with E-state index in [1.54, 1.807) is 4.90 Å². The van der Waals surface area contributed by atoms with Crippen molar-refractivity contribution in [3.8, 4) is 0 Å². The summed E-state index contributed by atoms with van der Waals surface area (Å²) in [6, 6.07) is 5.90. The number of hydrogen-bond acceptors (Lipinski definition) is 2. The van der Waals surface area contributed by atoms with Gasteiger partial charge in [0, 0.05) is 23.1 Å². The fraction of sp³-hybridized carbons (Fsp3) is 0.500. The van der Waals surface area contributed by atoms with Crippen molar-refractivity contribution in [1.82, 2.24) is 5.32 Å². The standard InChI is InChI=1S/C16H19BrN2O2/c1-11-10-12(17)4-5-13(11)19-9-6-14(20)18-16(15(19)21)7-2-3-8-16/h4-5,10H,2-3,6-9H2,1H3,(H,18,20). The minimum atomic E-state index is -0.674. The van der Waals surface area contributed by atoms with Gasteiger partial charge in [-0.1, -0.05) is 28.8 Å². The van der Waals surface area contributed by atoms with Gasteiger partial charge in [-0.2, -0.15) is 0 Å². The van der Waals surface area contributed by atoms with E-state index in [-0.39, 0.29) is 11.8 Å². The highest BCUT2D eigenvalue weighted by molar-refractivity contribution is 9.10. The van der Waals surface area contributed by atoms with Crippen molar-refractivity contribution in [1.29, 1.82) is 0 Å². The number of carbonyl (C=O) groups excluding carboxylic acids is 2. The predicted molar refractivity (Wildman–Crippen MR) is 85.2 cm³/mol. The maximum atomic E-state index is 13.1. The maximum Gasteiger partial charge on any atom is 0.252 e. The van der Waals surface area contributed by atoms with Crippen LogP contribution in [0.4, 0.5) is 5.69 Å². The molecule has 0 unspecified atom stereocenters. The molecule has 1 N–H and O–H groups in total. The van der Waals surface area contributed by atoms with E-state index in [1.807, 2.05) is 25.1 Å². The summed E-state index contributed by atoms with van der Waals surface area (Å²) >= 11 is 3.45. The van der Waals surface area contributed by atoms with Crippen molar-refractivity contribution in [2.45, 2.75) is 44.6 Å². The topological polar surface area (TPSA) is 49.4 Å². The van der Waals surface area contributed by atoms with E-state index in [9.17, 15) is 9.59 Å². The van der Waals surface area contributed by atoms with Crippen LogP contribution in [-0.4, -0.2) is 23.9 Å². The summed E-state index contributed by atoms with van der Waals surface area (Å²) in [4.78, 5) is 26.9. The monoisotopic (exact) mass is 350 g/mol. The van der Waals surface area contributed by atoms with Crippen LogP contribution in [0.1, 0.15) is 37.7 Å². The van der Waals surface area contributed by atoms with Crippen LogP contribution in [0.2, 0.25) is 0 Å². The molecule has 1 saturated heterocycles. The normalized spacial score (nSPS) is 21.5. The molecule has 1 saturated carbocycles. The van der Waals surface area contributed by atoms with Crippen LogP contribution in [0, 0.1) is 6.92 Å². The summed E-state index contributed by atoms with van der Waals surface area (Å²) in [5.74, 6) is 0.0405. The Labute approximate surface area is 133 Å². The molecule has 5 heteroatoms. The van der Waals surface area contributed by atoms with Gasteiger partial charge in [-0.05, 0) is 43.5 Å². The highest BCUT2D eigenvalue weighted by atomic mass is 79.9. The van der Waals surface area contributed by atoms with Gasteiger partial charge in [-0.25, -0.2) is 0 Å². The van der Waals surface area contributed by atoms with E-state index in [0.29, 0.717) is 13.0 Å². The summed E-state index contributed by atoms with van der Waals surface area (Å²) in [5.41, 5.74) is 1.28. The van der Waals surface area contributed by atoms with Gasteiger partial charge in [0.05, 0.1) is 0 Å². The number of halogens is 1. The number of carbonyl (C=O) groups is 2. The number of aryl methyl sites for hydroxylation is 1. The Morgan fingerprint density at radius 1 is 1.24 bits per heavy atom. The first kappa shape index (κ1) is 14.6. The van der Waals surface area contributed by atoms with E-state index in [0.717, 1.165) is 41.4 Å². The molecule has 0 aromatic heterocycles. The molecule has 2 amide bonds. The summed E-state index contributed by atoms with van der Waals surface area (Å²) in [7, 11) is 0. The van der Waals surface area contributed by atoms with Crippen LogP contribution in [-0.2, 0) is 9.59 Å². The number of anilines is 1. The molecule has 1 heterocycles. The average molecular weight is 351 g/mol. The third-order valence-electron chi connectivity index (χ3n) is 4.50. The van der Waals surface area contributed by atoms with Crippen molar-refractivity contribution >= 4 is 33.4 Å². The molecule has 0 radical (unpaired) electrons. The second-order valence-electron chi connectivity index (χ2n) is 5.97. The van der Waals surface area contributed by atoms with Crippen molar-refractivity contribution in [2.75, 3.05) is 11.4 Å². The Hall–Kier alpha value is -1.36. The van der Waals surface area contributed by atoms with E-state index in [4.69, 9.17) is 0 Å². The molecular formula is C16H19BrN2O2. The molecular weight excluding hydrogens is 332 g/mol. The Morgan fingerprint density at radius 3 is 2.62 bits per heavy atom. The Bertz CT molecular complexity index is 594. The van der Waals surface area contributed by atoms with Gasteiger partial charge in [-0.3, -0.25) is 9.59 Å². The SMILES string of the molecule is Cc1cc(Br)ccc1N1CCC(=O)NC2(CCCC2)C1=O. The van der Waals surface area contributed by atoms with Gasteiger partial charge < -0.3 is 10.2 Å². The molecule has 21 heavy (non-hydrogen) atoms. The maximum absolute atomic E-state index is 13.1. The van der Waals surface area contributed by atoms with E-state index >= 15 is 0 Å². The fourth-order valence-electron chi connectivity index (χ4n) is 3.43. The molecule has 0 atom stereocenters. The number of amides is 2. The third-order valence-corrected chi connectivity index (χ3v) is 5.00. The highest BCUT2D eigenvalue weighted by Gasteiger charge is 2.46. The highest BCUT2D eigenvalue weighted by Crippen LogP contribution is 2.35. The minimum absolute atomic E-state index is 0.0116. The van der Waals surface area contributed by atoms with Crippen molar-refractivity contribution in [2.24, 2.45) is 0 Å². The number of nitrogens with zero attached hydrogens (tertiary/aromatic N) is 1. The molecule has 2 fully saturated rings. The van der Waals surface area contributed by atoms with Crippen LogP contribution in [0.5, 0.6) is 0 Å². The lowest BCUT2D eigenvalue weighted by Crippen LogP contribution is -2.55. The zero-order valence-electron chi connectivity index (χ0n) is 12.1. The van der Waals surface area contributed by atoms with Gasteiger partial charge in [0.15, 0.2) is 0 Å². The number of nitrogens with one attached hydrogen (secondary N) is 1. The zero-order chi connectivity index (χ0) is 15.0. The summed E-state index contributed by atoms with van der Waals surface area (Å²) < 4.78 is 0.996. The van der Waals surface area contributed by atoms with Gasteiger partial charge >= 0.3 is 0 Å². The van der Waals surface area contributed by atoms with Gasteiger partial charge in [0.2, 0.25) is 5.91 Å². The third kappa shape index (κ3) is 2.59. The molecule has 1 aliphatic heterocycles. The number of rotatable bonds is 1. The van der Waals surface area contributed by atoms with Crippen LogP contribution in [0.3, 0.4) is 0 Å². The quantitative estimate of drug-likeness (QED) is 0.846. The van der Waals surface area contributed by atoms with Gasteiger partial charge in [-0.15, -0.1) is 0 Å². The Balaban J connectivity index is 2.00. The van der Waals surface area contributed by atoms with Gasteiger partial charge in [0.25, 0.3) is 5.91 Å². The largest absolute Gasteiger partial charge is 0.342 e. The Morgan fingerprint density at radius 2 is 1.95 bits per heavy atom. The van der Waals surface area contributed by atoms with Crippen LogP contribution in [0.25, 0.3) is 0 Å². The number of hydrogen-bond donors (Lipinski definition) is 1.